The Morgan fingerprint density at radius 3 is 1.55 bits per heavy atom. The second-order valence-electron chi connectivity index (χ2n) is 33.7. The number of piperazine rings is 3. The first-order valence-corrected chi connectivity index (χ1v) is 43.6. The number of nitrogens with one attached hydrogen (secondary N) is 4. The van der Waals surface area contributed by atoms with Crippen LogP contribution in [0.15, 0.2) is 243 Å². The van der Waals surface area contributed by atoms with Gasteiger partial charge in [0.2, 0.25) is 5.95 Å². The number of aromatic hydroxyl groups is 4. The van der Waals surface area contributed by atoms with Crippen LogP contribution in [0.1, 0.15) is 6.42 Å². The maximum Gasteiger partial charge on any atom is 0.231 e. The third-order valence-electron chi connectivity index (χ3n) is 24.9. The van der Waals surface area contributed by atoms with Crippen LogP contribution >= 0.6 is 0 Å². The fourth-order valence-corrected chi connectivity index (χ4v) is 17.8. The Balaban J connectivity index is 0.000000109. The first-order chi connectivity index (χ1) is 63.4. The molecule has 11 aromatic carbocycles. The summed E-state index contributed by atoms with van der Waals surface area (Å²) < 4.78 is 20.3. The first kappa shape index (κ1) is 82.7. The Labute approximate surface area is 747 Å². The van der Waals surface area contributed by atoms with Gasteiger partial charge in [-0.15, -0.1) is 20.4 Å². The van der Waals surface area contributed by atoms with E-state index in [1.54, 1.807) is 72.2 Å². The average molecular weight is 1740 g/mol. The van der Waals surface area contributed by atoms with Crippen LogP contribution in [0, 0.1) is 0 Å². The predicted octanol–water partition coefficient (Wildman–Crippen LogP) is 15.5. The number of aryl methyl sites for hydroxylation is 1. The second kappa shape index (κ2) is 35.3. The third-order valence-corrected chi connectivity index (χ3v) is 24.9. The molecule has 0 saturated carbocycles. The lowest BCUT2D eigenvalue weighted by molar-refractivity contribution is 0.313. The minimum Gasteiger partial charge on any atom is -0.508 e. The molecular formula is C99H99N25O6. The van der Waals surface area contributed by atoms with Crippen molar-refractivity contribution in [3.05, 3.63) is 243 Å². The lowest BCUT2D eigenvalue weighted by atomic mass is 10.0. The Morgan fingerprint density at radius 2 is 0.908 bits per heavy atom. The van der Waals surface area contributed by atoms with E-state index in [1.807, 2.05) is 119 Å². The number of hydrogen-bond donors (Lipinski definition) is 8. The molecule has 23 rings (SSSR count). The van der Waals surface area contributed by atoms with Gasteiger partial charge in [0.25, 0.3) is 0 Å². The molecule has 9 aromatic heterocycles. The number of hydrogen-bond acceptors (Lipinski definition) is 22. The van der Waals surface area contributed by atoms with E-state index in [4.69, 9.17) is 14.5 Å². The van der Waals surface area contributed by atoms with Crippen LogP contribution in [0.25, 0.3) is 156 Å². The molecule has 0 bridgehead atoms. The summed E-state index contributed by atoms with van der Waals surface area (Å²) in [6.07, 6.45) is 6.89. The molecule has 3 aliphatic rings. The fraction of sp³-hybridized carbons (Fsp3) is 0.222. The highest BCUT2D eigenvalue weighted by Crippen LogP contribution is 2.41. The normalized spacial score (nSPS) is 14.2. The summed E-state index contributed by atoms with van der Waals surface area (Å²) in [6.45, 7) is 14.3. The highest BCUT2D eigenvalue weighted by atomic mass is 16.5. The number of phenols is 4. The van der Waals surface area contributed by atoms with Crippen LogP contribution in [0.4, 0.5) is 17.1 Å². The largest absolute Gasteiger partial charge is 0.508 e. The maximum absolute atomic E-state index is 10.1. The Kier molecular flexibility index (Phi) is 22.5. The number of H-pyrrole nitrogens is 4. The van der Waals surface area contributed by atoms with Gasteiger partial charge in [-0.05, 0) is 216 Å². The van der Waals surface area contributed by atoms with Crippen molar-refractivity contribution in [2.45, 2.75) is 13.0 Å². The molecule has 31 nitrogen and oxygen atoms in total. The maximum atomic E-state index is 10.1. The number of anilines is 3. The number of aromatic nitrogens is 18. The number of fused-ring (bicyclic) bond motifs is 8. The Morgan fingerprint density at radius 1 is 0.392 bits per heavy atom. The smallest absolute Gasteiger partial charge is 0.231 e. The van der Waals surface area contributed by atoms with Crippen molar-refractivity contribution in [1.82, 2.24) is 109 Å². The Bertz CT molecular complexity index is 7250. The summed E-state index contributed by atoms with van der Waals surface area (Å²) in [4.78, 5) is 35.3. The van der Waals surface area contributed by atoms with Gasteiger partial charge in [-0.2, -0.15) is 14.0 Å². The number of methoxy groups -OCH3 is 2. The lowest BCUT2D eigenvalue weighted by Gasteiger charge is -2.34. The summed E-state index contributed by atoms with van der Waals surface area (Å²) in [5.74, 6) is 5.33. The van der Waals surface area contributed by atoms with E-state index in [0.29, 0.717) is 17.4 Å². The molecule has 0 aliphatic carbocycles. The van der Waals surface area contributed by atoms with Gasteiger partial charge >= 0.3 is 0 Å². The summed E-state index contributed by atoms with van der Waals surface area (Å²) >= 11 is 0. The van der Waals surface area contributed by atoms with Gasteiger partial charge in [-0.25, -0.2) is 9.67 Å². The van der Waals surface area contributed by atoms with E-state index >= 15 is 0 Å². The van der Waals surface area contributed by atoms with E-state index in [2.05, 4.69) is 220 Å². The van der Waals surface area contributed by atoms with Crippen molar-refractivity contribution in [3.63, 3.8) is 0 Å². The molecule has 3 fully saturated rings. The van der Waals surface area contributed by atoms with Gasteiger partial charge in [0.05, 0.1) is 54.5 Å². The molecule has 8 N–H and O–H groups in total. The standard InChI is InChI=1S/C26H26N6O2.C25H25N7O2.C25H24N6O.C23H24N6O/c1-30-10-12-31(13-11-30)23-5-3-4-21-20(23)16-26(27-21)32-24-9-6-17(14-22(24)28-29-32)19-8-7-18(33)15-25(19)34-2;1-30-10-12-31(13-11-30)22-5-3-4-19-24(22)27-25(26-19)32-21-9-6-16(14-20(21)28-29-32)18-8-7-17(33)15-23(18)34-2;1-29-9-11-30(12-10-29)24-4-2-3-22-21(24)15-25(26-22)31-16-23(27-28-31)19-6-5-18-14-20(32)8-7-17(18)13-19;1-27(2)10-5-11-28-15-19(18-13-17(30)8-9-21(18)28)22-14-24-26-29(22)23-12-16-6-3-4-7-20(16)25-23/h3-9,14-16,27,33H,10-13H2,1-2H3;3-9,14-15,33H,10-13H2,1-2H3,(H,26,27);2-8,13-16,26,32H,9-12H2,1H3;3-4,6-9,12-15,25,30H,5,10-11H2,1-2H3. The van der Waals surface area contributed by atoms with Crippen molar-refractivity contribution in [1.29, 1.82) is 0 Å². The zero-order valence-electron chi connectivity index (χ0n) is 73.2. The summed E-state index contributed by atoms with van der Waals surface area (Å²) in [7, 11) is 13.9. The molecule has 656 valence electrons. The van der Waals surface area contributed by atoms with Crippen molar-refractivity contribution in [2.75, 3.05) is 149 Å². The average Bonchev–Trinajstić information content (AvgIpc) is 1.62. The van der Waals surface area contributed by atoms with Gasteiger partial charge in [-0.3, -0.25) is 0 Å². The van der Waals surface area contributed by atoms with Crippen LogP contribution in [0.3, 0.4) is 0 Å². The molecule has 0 radical (unpaired) electrons. The number of benzene rings is 11. The van der Waals surface area contributed by atoms with Gasteiger partial charge in [0.1, 0.15) is 74.2 Å². The van der Waals surface area contributed by atoms with Gasteiger partial charge < -0.3 is 88.7 Å². The Hall–Kier alpha value is -15.6. The topological polar surface area (TPSA) is 326 Å². The number of nitrogens with zero attached hydrogens (tertiary/aromatic N) is 21. The molecule has 0 spiro atoms. The van der Waals surface area contributed by atoms with E-state index in [-0.39, 0.29) is 23.0 Å². The van der Waals surface area contributed by atoms with Crippen molar-refractivity contribution in [2.24, 2.45) is 0 Å². The van der Waals surface area contributed by atoms with Gasteiger partial charge in [0, 0.05) is 181 Å². The van der Waals surface area contributed by atoms with Crippen LogP contribution in [0.2, 0.25) is 0 Å². The number of rotatable bonds is 17. The van der Waals surface area contributed by atoms with E-state index in [9.17, 15) is 20.4 Å². The van der Waals surface area contributed by atoms with Crippen LogP contribution < -0.4 is 24.2 Å². The first-order valence-electron chi connectivity index (χ1n) is 43.6. The van der Waals surface area contributed by atoms with E-state index < -0.39 is 0 Å². The van der Waals surface area contributed by atoms with E-state index in [1.165, 1.54) is 22.1 Å². The van der Waals surface area contributed by atoms with Crippen LogP contribution in [-0.4, -0.2) is 264 Å². The molecule has 130 heavy (non-hydrogen) atoms. The van der Waals surface area contributed by atoms with Gasteiger partial charge in [0.15, 0.2) is 0 Å². The van der Waals surface area contributed by atoms with Crippen molar-refractivity contribution >= 4 is 105 Å². The molecule has 0 amide bonds. The fourth-order valence-electron chi connectivity index (χ4n) is 17.8. The van der Waals surface area contributed by atoms with E-state index in [0.717, 1.165) is 243 Å². The number of para-hydroxylation sites is 2. The number of ether oxygens (including phenoxy) is 2. The SMILES string of the molecule is CN(C)CCCn1cc(-c2cnnn2-c2cc3ccccc3[nH]2)c2cc(O)ccc21.CN1CCN(c2cccc3[nH]c(-n4cc(-c5ccc6cc(O)ccc6c5)nn4)cc23)CC1.COc1cc(O)ccc1-c1ccc2c(c1)nnn2-c1cc2c(N3CCN(C)CC3)cccc2[nH]1.COc1cc(O)ccc1-c1ccc2c(c1)nnn2-c1nc2c(N3CCN(C)CC3)cccc2[nH]1. The van der Waals surface area contributed by atoms with Crippen molar-refractivity contribution < 1.29 is 29.9 Å². The lowest BCUT2D eigenvalue weighted by Crippen LogP contribution is -2.44. The monoisotopic (exact) mass is 1730 g/mol. The molecular weight excluding hydrogens is 1640 g/mol. The van der Waals surface area contributed by atoms with Gasteiger partial charge in [-0.1, -0.05) is 87.6 Å². The minimum absolute atomic E-state index is 0.161. The number of imidazole rings is 1. The molecule has 20 aromatic rings. The third kappa shape index (κ3) is 16.7. The quantitative estimate of drug-likeness (QED) is 0.0420. The number of phenolic OH excluding ortho intramolecular Hbond substituents is 4. The highest BCUT2D eigenvalue weighted by molar-refractivity contribution is 5.99. The molecule has 31 heteroatoms. The summed E-state index contributed by atoms with van der Waals surface area (Å²) in [6, 6.07) is 72.7. The van der Waals surface area contributed by atoms with Crippen LogP contribution in [-0.2, 0) is 6.54 Å². The molecule has 3 saturated heterocycles. The predicted molar refractivity (Wildman–Crippen MR) is 512 cm³/mol. The minimum atomic E-state index is 0.161. The molecule has 12 heterocycles. The molecule has 0 unspecified atom stereocenters. The summed E-state index contributed by atoms with van der Waals surface area (Å²) in [5, 5.41) is 80.9. The van der Waals surface area contributed by atoms with Crippen LogP contribution in [0.5, 0.6) is 34.5 Å². The molecule has 0 atom stereocenters. The zero-order valence-corrected chi connectivity index (χ0v) is 73.2. The number of aromatic amines is 4. The molecule has 3 aliphatic heterocycles. The second-order valence-corrected chi connectivity index (χ2v) is 33.7. The highest BCUT2D eigenvalue weighted by Gasteiger charge is 2.26. The summed E-state index contributed by atoms with van der Waals surface area (Å²) in [5.41, 5.74) is 20.5. The van der Waals surface area contributed by atoms with Crippen molar-refractivity contribution in [3.8, 4) is 103 Å². The zero-order chi connectivity index (χ0) is 88.8. The number of likely N-dealkylation sites (N-methyl/N-ethyl adjacent to an activating group) is 3.